The van der Waals surface area contributed by atoms with Gasteiger partial charge in [0.2, 0.25) is 0 Å². The summed E-state index contributed by atoms with van der Waals surface area (Å²) in [6.07, 6.45) is 0. The zero-order valence-corrected chi connectivity index (χ0v) is 9.46. The van der Waals surface area contributed by atoms with Crippen molar-refractivity contribution < 1.29 is 11.0 Å². The van der Waals surface area contributed by atoms with Crippen molar-refractivity contribution in [1.82, 2.24) is 0 Å². The van der Waals surface area contributed by atoms with Gasteiger partial charge >= 0.3 is 0 Å². The number of hydrogen-bond donors (Lipinski definition) is 0. The Balaban J connectivity index is 0. The van der Waals surface area contributed by atoms with Crippen LogP contribution in [0.2, 0.25) is 0 Å². The van der Waals surface area contributed by atoms with Crippen molar-refractivity contribution in [2.75, 3.05) is 0 Å². The zero-order chi connectivity index (χ0) is 9.14. The van der Waals surface area contributed by atoms with Gasteiger partial charge in [-0.15, -0.1) is 0 Å². The Morgan fingerprint density at radius 1 is 0.714 bits per heavy atom. The van der Waals surface area contributed by atoms with Crippen LogP contribution in [0.3, 0.4) is 0 Å². The quantitative estimate of drug-likeness (QED) is 0.700. The second-order valence-corrected chi connectivity index (χ2v) is 3.94. The third kappa shape index (κ3) is 3.48. The van der Waals surface area contributed by atoms with E-state index >= 15 is 0 Å². The number of hydrogen-bond acceptors (Lipinski definition) is 0. The van der Waals surface area contributed by atoms with Crippen LogP contribution < -0.4 is 0 Å². The minimum absolute atomic E-state index is 0. The molecule has 0 spiro atoms. The first-order valence-corrected chi connectivity index (χ1v) is 4.71. The largest absolute Gasteiger partial charge is 0.412 e. The predicted molar refractivity (Wildman–Crippen MR) is 61.8 cm³/mol. The molecule has 14 heavy (non-hydrogen) atoms. The van der Waals surface area contributed by atoms with E-state index in [9.17, 15) is 0 Å². The summed E-state index contributed by atoms with van der Waals surface area (Å²) < 4.78 is 0. The first kappa shape index (κ1) is 15.6. The standard InChI is InChI=1S/C12H18.2H2O/c1-9(2)11-7-5-6-8-12(11)10(3)4;;/h5-10H,1-4H3;2*1H2. The van der Waals surface area contributed by atoms with Crippen LogP contribution in [0.1, 0.15) is 50.7 Å². The molecule has 1 aromatic rings. The van der Waals surface area contributed by atoms with Crippen LogP contribution >= 0.6 is 0 Å². The lowest BCUT2D eigenvalue weighted by Crippen LogP contribution is -1.97. The van der Waals surface area contributed by atoms with Crippen molar-refractivity contribution in [3.8, 4) is 0 Å². The second kappa shape index (κ2) is 6.57. The molecule has 0 atom stereocenters. The van der Waals surface area contributed by atoms with Crippen molar-refractivity contribution in [2.24, 2.45) is 0 Å². The Hall–Kier alpha value is -0.860. The van der Waals surface area contributed by atoms with Gasteiger partial charge in [-0.05, 0) is 23.0 Å². The van der Waals surface area contributed by atoms with E-state index in [2.05, 4.69) is 52.0 Å². The van der Waals surface area contributed by atoms with Gasteiger partial charge < -0.3 is 11.0 Å². The molecule has 0 saturated carbocycles. The molecule has 0 fully saturated rings. The minimum Gasteiger partial charge on any atom is -0.412 e. The zero-order valence-electron chi connectivity index (χ0n) is 9.46. The van der Waals surface area contributed by atoms with E-state index in [1.807, 2.05) is 0 Å². The van der Waals surface area contributed by atoms with Gasteiger partial charge in [0.1, 0.15) is 0 Å². The van der Waals surface area contributed by atoms with Crippen molar-refractivity contribution in [1.29, 1.82) is 0 Å². The molecule has 0 heterocycles. The molecule has 4 N–H and O–H groups in total. The third-order valence-electron chi connectivity index (χ3n) is 2.24. The van der Waals surface area contributed by atoms with Gasteiger partial charge in [-0.1, -0.05) is 52.0 Å². The minimum atomic E-state index is 0. The maximum absolute atomic E-state index is 2.25. The molecule has 1 rings (SSSR count). The first-order valence-electron chi connectivity index (χ1n) is 4.71. The highest BCUT2D eigenvalue weighted by Crippen LogP contribution is 2.25. The SMILES string of the molecule is CC(C)c1ccccc1C(C)C.O.O. The van der Waals surface area contributed by atoms with Gasteiger partial charge in [-0.25, -0.2) is 0 Å². The molecule has 2 heteroatoms. The van der Waals surface area contributed by atoms with E-state index in [1.165, 1.54) is 11.1 Å². The Labute approximate surface area is 86.6 Å². The normalized spacial score (nSPS) is 9.57. The molecule has 0 saturated heterocycles. The highest BCUT2D eigenvalue weighted by atomic mass is 16.0. The molecule has 1 aromatic carbocycles. The van der Waals surface area contributed by atoms with E-state index in [0.717, 1.165) is 0 Å². The maximum Gasteiger partial charge on any atom is -0.0216 e. The molecule has 2 nitrogen and oxygen atoms in total. The molecular formula is C12H22O2. The summed E-state index contributed by atoms with van der Waals surface area (Å²) in [6.45, 7) is 9.00. The van der Waals surface area contributed by atoms with Crippen molar-refractivity contribution >= 4 is 0 Å². The van der Waals surface area contributed by atoms with E-state index in [0.29, 0.717) is 11.8 Å². The lowest BCUT2D eigenvalue weighted by atomic mass is 9.91. The van der Waals surface area contributed by atoms with E-state index in [1.54, 1.807) is 0 Å². The molecule has 0 amide bonds. The van der Waals surface area contributed by atoms with Crippen molar-refractivity contribution in [3.05, 3.63) is 35.4 Å². The Morgan fingerprint density at radius 3 is 1.21 bits per heavy atom. The number of benzene rings is 1. The average Bonchev–Trinajstić information content (AvgIpc) is 2.04. The molecule has 0 radical (unpaired) electrons. The van der Waals surface area contributed by atoms with Crippen LogP contribution in [0.15, 0.2) is 24.3 Å². The molecular weight excluding hydrogens is 176 g/mol. The monoisotopic (exact) mass is 198 g/mol. The van der Waals surface area contributed by atoms with Crippen molar-refractivity contribution in [3.63, 3.8) is 0 Å². The molecule has 0 aromatic heterocycles. The summed E-state index contributed by atoms with van der Waals surface area (Å²) in [4.78, 5) is 0. The Kier molecular flexibility index (Phi) is 7.33. The first-order chi connectivity index (χ1) is 5.63. The fourth-order valence-electron chi connectivity index (χ4n) is 1.56. The number of rotatable bonds is 2. The summed E-state index contributed by atoms with van der Waals surface area (Å²) in [6, 6.07) is 8.72. The second-order valence-electron chi connectivity index (χ2n) is 3.94. The predicted octanol–water partition coefficient (Wildman–Crippen LogP) is 2.28. The summed E-state index contributed by atoms with van der Waals surface area (Å²) in [5.41, 5.74) is 2.99. The molecule has 0 aliphatic heterocycles. The summed E-state index contributed by atoms with van der Waals surface area (Å²) in [5, 5.41) is 0. The highest BCUT2D eigenvalue weighted by molar-refractivity contribution is 5.31. The topological polar surface area (TPSA) is 63.0 Å². The molecule has 82 valence electrons. The lowest BCUT2D eigenvalue weighted by molar-refractivity contribution is 0.790. The lowest BCUT2D eigenvalue weighted by Gasteiger charge is -2.14. The van der Waals surface area contributed by atoms with Gasteiger partial charge in [0.05, 0.1) is 0 Å². The van der Waals surface area contributed by atoms with Crippen LogP contribution in [0.25, 0.3) is 0 Å². The van der Waals surface area contributed by atoms with Gasteiger partial charge in [0.25, 0.3) is 0 Å². The summed E-state index contributed by atoms with van der Waals surface area (Å²) in [7, 11) is 0. The third-order valence-corrected chi connectivity index (χ3v) is 2.24. The fraction of sp³-hybridized carbons (Fsp3) is 0.500. The van der Waals surface area contributed by atoms with Crippen LogP contribution in [0.5, 0.6) is 0 Å². The van der Waals surface area contributed by atoms with E-state index in [-0.39, 0.29) is 11.0 Å². The van der Waals surface area contributed by atoms with Gasteiger partial charge in [0, 0.05) is 0 Å². The molecule has 0 aliphatic rings. The van der Waals surface area contributed by atoms with E-state index < -0.39 is 0 Å². The summed E-state index contributed by atoms with van der Waals surface area (Å²) in [5.74, 6) is 1.28. The van der Waals surface area contributed by atoms with E-state index in [4.69, 9.17) is 0 Å². The van der Waals surface area contributed by atoms with Gasteiger partial charge in [-0.2, -0.15) is 0 Å². The highest BCUT2D eigenvalue weighted by Gasteiger charge is 2.07. The van der Waals surface area contributed by atoms with Crippen molar-refractivity contribution in [2.45, 2.75) is 39.5 Å². The molecule has 0 unspecified atom stereocenters. The van der Waals surface area contributed by atoms with Crippen LogP contribution in [-0.4, -0.2) is 11.0 Å². The smallest absolute Gasteiger partial charge is 0.0216 e. The molecule has 0 aliphatic carbocycles. The Morgan fingerprint density at radius 2 is 1.00 bits per heavy atom. The average molecular weight is 198 g/mol. The molecule has 0 bridgehead atoms. The maximum atomic E-state index is 2.25. The fourth-order valence-corrected chi connectivity index (χ4v) is 1.56. The van der Waals surface area contributed by atoms with Crippen LogP contribution in [0.4, 0.5) is 0 Å². The Bertz CT molecular complexity index is 227. The van der Waals surface area contributed by atoms with Gasteiger partial charge in [0.15, 0.2) is 0 Å². The summed E-state index contributed by atoms with van der Waals surface area (Å²) >= 11 is 0. The van der Waals surface area contributed by atoms with Crippen LogP contribution in [0, 0.1) is 0 Å². The van der Waals surface area contributed by atoms with Gasteiger partial charge in [-0.3, -0.25) is 0 Å². The van der Waals surface area contributed by atoms with Crippen LogP contribution in [-0.2, 0) is 0 Å².